The highest BCUT2D eigenvalue weighted by Crippen LogP contribution is 2.31. The van der Waals surface area contributed by atoms with Crippen molar-refractivity contribution in [3.8, 4) is 11.5 Å². The van der Waals surface area contributed by atoms with Gasteiger partial charge in [0.2, 0.25) is 0 Å². The van der Waals surface area contributed by atoms with E-state index in [0.29, 0.717) is 13.2 Å². The standard InChI is InChI=1S/C21H32N6O2.HI/c1-4-6-9-22-21(23-10-11-27-16-24-25-20(27)5-2)26(3)15-17-7-8-18-19(14-17)29-13-12-28-18;/h7-8,14,16H,4-6,9-13,15H2,1-3H3,(H,22,23);1H. The first kappa shape index (κ1) is 24.2. The molecule has 1 aromatic carbocycles. The molecule has 2 heterocycles. The van der Waals surface area contributed by atoms with Gasteiger partial charge < -0.3 is 24.3 Å². The summed E-state index contributed by atoms with van der Waals surface area (Å²) in [7, 11) is 2.06. The van der Waals surface area contributed by atoms with Crippen LogP contribution in [0.3, 0.4) is 0 Å². The molecule has 30 heavy (non-hydrogen) atoms. The van der Waals surface area contributed by atoms with Crippen LogP contribution in [0.4, 0.5) is 0 Å². The van der Waals surface area contributed by atoms with Crippen molar-refractivity contribution in [1.82, 2.24) is 25.0 Å². The number of aryl methyl sites for hydroxylation is 1. The normalized spacial score (nSPS) is 13.0. The number of hydrogen-bond donors (Lipinski definition) is 1. The summed E-state index contributed by atoms with van der Waals surface area (Å²) in [6.07, 6.45) is 4.87. The van der Waals surface area contributed by atoms with Gasteiger partial charge in [-0.25, -0.2) is 0 Å². The Morgan fingerprint density at radius 1 is 1.23 bits per heavy atom. The summed E-state index contributed by atoms with van der Waals surface area (Å²) in [4.78, 5) is 6.94. The predicted molar refractivity (Wildman–Crippen MR) is 129 cm³/mol. The maximum Gasteiger partial charge on any atom is 0.194 e. The van der Waals surface area contributed by atoms with Crippen LogP contribution in [-0.2, 0) is 19.5 Å². The van der Waals surface area contributed by atoms with E-state index in [4.69, 9.17) is 14.5 Å². The molecule has 0 atom stereocenters. The van der Waals surface area contributed by atoms with E-state index in [1.165, 1.54) is 0 Å². The third-order valence-electron chi connectivity index (χ3n) is 4.81. The predicted octanol–water partition coefficient (Wildman–Crippen LogP) is 3.11. The molecule has 1 aliphatic rings. The van der Waals surface area contributed by atoms with Crippen molar-refractivity contribution >= 4 is 29.9 Å². The highest BCUT2D eigenvalue weighted by Gasteiger charge is 2.14. The van der Waals surface area contributed by atoms with Crippen LogP contribution in [0.2, 0.25) is 0 Å². The number of nitrogens with zero attached hydrogens (tertiary/aromatic N) is 5. The molecule has 2 aromatic rings. The quantitative estimate of drug-likeness (QED) is 0.233. The molecule has 0 unspecified atom stereocenters. The number of halogens is 1. The summed E-state index contributed by atoms with van der Waals surface area (Å²) in [5.41, 5.74) is 1.16. The zero-order valence-corrected chi connectivity index (χ0v) is 20.5. The zero-order chi connectivity index (χ0) is 20.5. The van der Waals surface area contributed by atoms with Gasteiger partial charge in [0.05, 0.1) is 0 Å². The first-order valence-electron chi connectivity index (χ1n) is 10.5. The van der Waals surface area contributed by atoms with E-state index < -0.39 is 0 Å². The first-order chi connectivity index (χ1) is 14.2. The summed E-state index contributed by atoms with van der Waals surface area (Å²) in [5.74, 6) is 3.54. The number of benzene rings is 1. The topological polar surface area (TPSA) is 76.8 Å². The second-order valence-corrected chi connectivity index (χ2v) is 7.11. The summed E-state index contributed by atoms with van der Waals surface area (Å²) in [6.45, 7) is 8.60. The smallest absolute Gasteiger partial charge is 0.194 e. The average molecular weight is 528 g/mol. The highest BCUT2D eigenvalue weighted by atomic mass is 127. The highest BCUT2D eigenvalue weighted by molar-refractivity contribution is 14.0. The number of rotatable bonds is 9. The van der Waals surface area contributed by atoms with Crippen LogP contribution in [0, 0.1) is 0 Å². The van der Waals surface area contributed by atoms with Crippen LogP contribution in [0.25, 0.3) is 0 Å². The van der Waals surface area contributed by atoms with Crippen LogP contribution in [-0.4, -0.2) is 59.0 Å². The minimum atomic E-state index is 0. The molecule has 0 saturated heterocycles. The van der Waals surface area contributed by atoms with Crippen LogP contribution in [0.5, 0.6) is 11.5 Å². The van der Waals surface area contributed by atoms with Crippen molar-refractivity contribution in [2.45, 2.75) is 46.2 Å². The van der Waals surface area contributed by atoms with E-state index in [2.05, 4.69) is 58.0 Å². The number of hydrogen-bond acceptors (Lipinski definition) is 5. The van der Waals surface area contributed by atoms with Gasteiger partial charge in [0.25, 0.3) is 0 Å². The number of fused-ring (bicyclic) bond motifs is 1. The lowest BCUT2D eigenvalue weighted by molar-refractivity contribution is 0.171. The summed E-state index contributed by atoms with van der Waals surface area (Å²) in [6, 6.07) is 6.12. The van der Waals surface area contributed by atoms with Crippen molar-refractivity contribution in [3.63, 3.8) is 0 Å². The van der Waals surface area contributed by atoms with Gasteiger partial charge in [-0.1, -0.05) is 26.3 Å². The summed E-state index contributed by atoms with van der Waals surface area (Å²) >= 11 is 0. The Labute approximate surface area is 196 Å². The lowest BCUT2D eigenvalue weighted by Gasteiger charge is -2.24. The molecule has 1 aromatic heterocycles. The molecule has 1 aliphatic heterocycles. The van der Waals surface area contributed by atoms with Gasteiger partial charge in [-0.2, -0.15) is 0 Å². The van der Waals surface area contributed by atoms with Gasteiger partial charge in [0.15, 0.2) is 17.5 Å². The molecule has 9 heteroatoms. The zero-order valence-electron chi connectivity index (χ0n) is 18.1. The fourth-order valence-electron chi connectivity index (χ4n) is 3.22. The Hall–Kier alpha value is -2.04. The largest absolute Gasteiger partial charge is 0.486 e. The lowest BCUT2D eigenvalue weighted by atomic mass is 10.2. The summed E-state index contributed by atoms with van der Waals surface area (Å²) < 4.78 is 13.4. The van der Waals surface area contributed by atoms with Gasteiger partial charge in [-0.15, -0.1) is 34.2 Å². The first-order valence-corrected chi connectivity index (χ1v) is 10.5. The lowest BCUT2D eigenvalue weighted by Crippen LogP contribution is -2.40. The molecule has 1 N–H and O–H groups in total. The Balaban J connectivity index is 0.00000320. The van der Waals surface area contributed by atoms with Gasteiger partial charge >= 0.3 is 0 Å². The minimum absolute atomic E-state index is 0. The average Bonchev–Trinajstić information content (AvgIpc) is 3.20. The molecule has 0 amide bonds. The fourth-order valence-corrected chi connectivity index (χ4v) is 3.22. The third-order valence-corrected chi connectivity index (χ3v) is 4.81. The molecule has 8 nitrogen and oxygen atoms in total. The van der Waals surface area contributed by atoms with Crippen LogP contribution in [0.15, 0.2) is 29.5 Å². The van der Waals surface area contributed by atoms with E-state index in [0.717, 1.165) is 74.3 Å². The van der Waals surface area contributed by atoms with E-state index >= 15 is 0 Å². The monoisotopic (exact) mass is 528 g/mol. The SMILES string of the molecule is CCCCN=C(NCCn1cnnc1CC)N(C)Cc1ccc2c(c1)OCCO2.I. The number of nitrogens with one attached hydrogen (secondary N) is 1. The third kappa shape index (κ3) is 6.75. The second-order valence-electron chi connectivity index (χ2n) is 7.11. The number of aliphatic imine (C=N–C) groups is 1. The van der Waals surface area contributed by atoms with Crippen molar-refractivity contribution in [1.29, 1.82) is 0 Å². The molecule has 0 radical (unpaired) electrons. The van der Waals surface area contributed by atoms with Gasteiger partial charge in [0, 0.05) is 39.6 Å². The van der Waals surface area contributed by atoms with Crippen LogP contribution >= 0.6 is 24.0 Å². The Kier molecular flexibility index (Phi) is 10.2. The van der Waals surface area contributed by atoms with Crippen molar-refractivity contribution in [2.75, 3.05) is 33.4 Å². The molecular formula is C21H33IN6O2. The Morgan fingerprint density at radius 3 is 2.80 bits per heavy atom. The molecule has 0 aliphatic carbocycles. The van der Waals surface area contributed by atoms with E-state index in [9.17, 15) is 0 Å². The minimum Gasteiger partial charge on any atom is -0.486 e. The van der Waals surface area contributed by atoms with Gasteiger partial charge in [-0.3, -0.25) is 4.99 Å². The second kappa shape index (κ2) is 12.6. The maximum atomic E-state index is 5.71. The van der Waals surface area contributed by atoms with Gasteiger partial charge in [0.1, 0.15) is 25.4 Å². The number of aromatic nitrogens is 3. The Bertz CT molecular complexity index is 811. The summed E-state index contributed by atoms with van der Waals surface area (Å²) in [5, 5.41) is 11.6. The molecule has 0 fully saturated rings. The number of unbranched alkanes of at least 4 members (excludes halogenated alkanes) is 1. The molecule has 0 spiro atoms. The van der Waals surface area contributed by atoms with Crippen LogP contribution < -0.4 is 14.8 Å². The molecule has 0 bridgehead atoms. The number of guanidine groups is 1. The van der Waals surface area contributed by atoms with Crippen molar-refractivity contribution < 1.29 is 9.47 Å². The van der Waals surface area contributed by atoms with Gasteiger partial charge in [-0.05, 0) is 24.1 Å². The molecule has 166 valence electrons. The fraction of sp³-hybridized carbons (Fsp3) is 0.571. The van der Waals surface area contributed by atoms with E-state index in [1.54, 1.807) is 6.33 Å². The molecule has 0 saturated carbocycles. The maximum absolute atomic E-state index is 5.71. The number of ether oxygens (including phenoxy) is 2. The van der Waals surface area contributed by atoms with E-state index in [-0.39, 0.29) is 24.0 Å². The molecular weight excluding hydrogens is 495 g/mol. The van der Waals surface area contributed by atoms with Crippen LogP contribution in [0.1, 0.15) is 38.1 Å². The van der Waals surface area contributed by atoms with E-state index in [1.807, 2.05) is 6.07 Å². The van der Waals surface area contributed by atoms with Crippen molar-refractivity contribution in [3.05, 3.63) is 35.9 Å². The Morgan fingerprint density at radius 2 is 2.03 bits per heavy atom. The van der Waals surface area contributed by atoms with Crippen molar-refractivity contribution in [2.24, 2.45) is 4.99 Å². The molecule has 3 rings (SSSR count).